The van der Waals surface area contributed by atoms with E-state index in [-0.39, 0.29) is 37.0 Å². The van der Waals surface area contributed by atoms with Crippen molar-refractivity contribution in [2.24, 2.45) is 5.92 Å². The lowest BCUT2D eigenvalue weighted by molar-refractivity contribution is -0.125. The SMILES string of the molecule is CCCC(CCC)CC[C@@H](NC(=O)c1cccnc1)C(=O)N[C@@H](Cc1cc(F)cc(F)c1)[C@H](O)[C@H](O)[C@H](CCOC)NC(=O)c1ccccc1. The molecule has 3 amide bonds. The molecule has 10 nitrogen and oxygen atoms in total. The summed E-state index contributed by atoms with van der Waals surface area (Å²) in [5, 5.41) is 31.4. The van der Waals surface area contributed by atoms with Crippen LogP contribution < -0.4 is 16.0 Å². The number of amides is 3. The molecule has 0 fully saturated rings. The standard InChI is InChI=1S/C38H50F2N4O6/c1-4-10-25(11-5-2)15-16-32(43-37(48)28-14-9-18-41-24-28)38(49)44-33(22-26-20-29(39)23-30(40)21-26)35(46)34(45)31(17-19-50-3)42-36(47)27-12-7-6-8-13-27/h6-9,12-14,18,20-21,23-25,31-35,45-46H,4-5,10-11,15-17,19,22H2,1-3H3,(H,42,47)(H,43,48)(H,44,49)/t31-,32+,33-,34+,35-/m0/s1. The van der Waals surface area contributed by atoms with E-state index < -0.39 is 59.7 Å². The molecule has 0 bridgehead atoms. The minimum atomic E-state index is -1.73. The summed E-state index contributed by atoms with van der Waals surface area (Å²) in [6.07, 6.45) is 4.11. The van der Waals surface area contributed by atoms with Crippen molar-refractivity contribution in [3.8, 4) is 0 Å². The van der Waals surface area contributed by atoms with Crippen molar-refractivity contribution in [1.82, 2.24) is 20.9 Å². The molecule has 0 aliphatic heterocycles. The molecule has 3 rings (SSSR count). The number of nitrogens with zero attached hydrogens (tertiary/aromatic N) is 1. The van der Waals surface area contributed by atoms with Crippen LogP contribution in [0.4, 0.5) is 8.78 Å². The van der Waals surface area contributed by atoms with Crippen molar-refractivity contribution >= 4 is 17.7 Å². The van der Waals surface area contributed by atoms with Gasteiger partial charge in [0.1, 0.15) is 29.9 Å². The minimum Gasteiger partial charge on any atom is -0.388 e. The Morgan fingerprint density at radius 2 is 1.38 bits per heavy atom. The van der Waals surface area contributed by atoms with Crippen molar-refractivity contribution in [2.75, 3.05) is 13.7 Å². The first-order chi connectivity index (χ1) is 24.1. The van der Waals surface area contributed by atoms with E-state index in [1.807, 2.05) is 0 Å². The number of methoxy groups -OCH3 is 1. The molecule has 0 unspecified atom stereocenters. The second-order valence-corrected chi connectivity index (χ2v) is 12.6. The van der Waals surface area contributed by atoms with E-state index in [9.17, 15) is 33.4 Å². The van der Waals surface area contributed by atoms with E-state index in [0.29, 0.717) is 24.0 Å². The molecule has 272 valence electrons. The number of ether oxygens (including phenoxy) is 1. The molecule has 1 aromatic heterocycles. The lowest BCUT2D eigenvalue weighted by Crippen LogP contribution is -2.59. The van der Waals surface area contributed by atoms with Gasteiger partial charge in [0, 0.05) is 37.7 Å². The van der Waals surface area contributed by atoms with Crippen molar-refractivity contribution < 1.29 is 38.1 Å². The highest BCUT2D eigenvalue weighted by Crippen LogP contribution is 2.22. The van der Waals surface area contributed by atoms with Gasteiger partial charge in [0.15, 0.2) is 0 Å². The van der Waals surface area contributed by atoms with Gasteiger partial charge in [-0.15, -0.1) is 0 Å². The molecule has 0 spiro atoms. The van der Waals surface area contributed by atoms with Crippen LogP contribution in [-0.4, -0.2) is 77.0 Å². The number of aliphatic hydroxyl groups excluding tert-OH is 2. The van der Waals surface area contributed by atoms with Gasteiger partial charge in [0.2, 0.25) is 5.91 Å². The van der Waals surface area contributed by atoms with E-state index in [1.54, 1.807) is 42.5 Å². The van der Waals surface area contributed by atoms with Crippen LogP contribution in [0.15, 0.2) is 73.1 Å². The molecule has 1 heterocycles. The number of nitrogens with one attached hydrogen (secondary N) is 3. The highest BCUT2D eigenvalue weighted by molar-refractivity contribution is 5.97. The number of carbonyl (C=O) groups excluding carboxylic acids is 3. The predicted molar refractivity (Wildman–Crippen MR) is 186 cm³/mol. The number of aliphatic hydroxyl groups is 2. The largest absolute Gasteiger partial charge is 0.388 e. The molecule has 3 aromatic rings. The molecule has 0 aliphatic carbocycles. The van der Waals surface area contributed by atoms with E-state index >= 15 is 0 Å². The van der Waals surface area contributed by atoms with Crippen molar-refractivity contribution in [3.05, 3.63) is 101 Å². The van der Waals surface area contributed by atoms with Gasteiger partial charge >= 0.3 is 0 Å². The van der Waals surface area contributed by atoms with Crippen LogP contribution in [0.3, 0.4) is 0 Å². The molecule has 5 N–H and O–H groups in total. The Morgan fingerprint density at radius 1 is 0.760 bits per heavy atom. The summed E-state index contributed by atoms with van der Waals surface area (Å²) >= 11 is 0. The fraction of sp³-hybridized carbons (Fsp3) is 0.474. The summed E-state index contributed by atoms with van der Waals surface area (Å²) in [6, 6.07) is 11.0. The normalized spacial score (nSPS) is 14.3. The van der Waals surface area contributed by atoms with Gasteiger partial charge in [-0.3, -0.25) is 19.4 Å². The van der Waals surface area contributed by atoms with Gasteiger partial charge in [-0.25, -0.2) is 8.78 Å². The summed E-state index contributed by atoms with van der Waals surface area (Å²) in [6.45, 7) is 4.30. The zero-order chi connectivity index (χ0) is 36.5. The molecule has 2 aromatic carbocycles. The number of hydrogen-bond donors (Lipinski definition) is 5. The van der Waals surface area contributed by atoms with Crippen molar-refractivity contribution in [1.29, 1.82) is 0 Å². The molecular weight excluding hydrogens is 646 g/mol. The van der Waals surface area contributed by atoms with Gasteiger partial charge in [0.05, 0.1) is 17.6 Å². The lowest BCUT2D eigenvalue weighted by atomic mass is 9.90. The zero-order valence-electron chi connectivity index (χ0n) is 29.0. The average Bonchev–Trinajstić information content (AvgIpc) is 3.11. The van der Waals surface area contributed by atoms with Gasteiger partial charge in [-0.2, -0.15) is 0 Å². The van der Waals surface area contributed by atoms with Crippen LogP contribution in [0.5, 0.6) is 0 Å². The topological polar surface area (TPSA) is 150 Å². The summed E-state index contributed by atoms with van der Waals surface area (Å²) in [4.78, 5) is 44.3. The fourth-order valence-corrected chi connectivity index (χ4v) is 6.07. The quantitative estimate of drug-likeness (QED) is 0.108. The van der Waals surface area contributed by atoms with Gasteiger partial charge in [0.25, 0.3) is 11.8 Å². The average molecular weight is 697 g/mol. The highest BCUT2D eigenvalue weighted by atomic mass is 19.1. The smallest absolute Gasteiger partial charge is 0.253 e. The van der Waals surface area contributed by atoms with E-state index in [4.69, 9.17) is 4.74 Å². The molecule has 0 saturated carbocycles. The van der Waals surface area contributed by atoms with Crippen LogP contribution in [0, 0.1) is 17.6 Å². The Bertz CT molecular complexity index is 1460. The predicted octanol–water partition coefficient (Wildman–Crippen LogP) is 4.74. The van der Waals surface area contributed by atoms with E-state index in [0.717, 1.165) is 37.8 Å². The zero-order valence-corrected chi connectivity index (χ0v) is 29.0. The van der Waals surface area contributed by atoms with Crippen LogP contribution in [0.2, 0.25) is 0 Å². The number of pyridine rings is 1. The number of carbonyl (C=O) groups is 3. The van der Waals surface area contributed by atoms with Crippen molar-refractivity contribution in [3.63, 3.8) is 0 Å². The second-order valence-electron chi connectivity index (χ2n) is 12.6. The molecule has 0 radical (unpaired) electrons. The molecule has 0 saturated heterocycles. The number of rotatable bonds is 21. The summed E-state index contributed by atoms with van der Waals surface area (Å²) in [7, 11) is 1.45. The molecule has 12 heteroatoms. The summed E-state index contributed by atoms with van der Waals surface area (Å²) in [5.41, 5.74) is 0.692. The Morgan fingerprint density at radius 3 is 1.98 bits per heavy atom. The van der Waals surface area contributed by atoms with Gasteiger partial charge in [-0.1, -0.05) is 57.7 Å². The Balaban J connectivity index is 1.93. The third kappa shape index (κ3) is 12.9. The number of hydrogen-bond acceptors (Lipinski definition) is 7. The first kappa shape index (κ1) is 40.2. The first-order valence-electron chi connectivity index (χ1n) is 17.2. The number of benzene rings is 2. The Labute approximate surface area is 293 Å². The third-order valence-electron chi connectivity index (χ3n) is 8.67. The van der Waals surface area contributed by atoms with E-state index in [2.05, 4.69) is 34.8 Å². The lowest BCUT2D eigenvalue weighted by Gasteiger charge is -2.34. The maximum Gasteiger partial charge on any atom is 0.253 e. The van der Waals surface area contributed by atoms with Gasteiger partial charge in [-0.05, 0) is 73.6 Å². The first-order valence-corrected chi connectivity index (χ1v) is 17.2. The van der Waals surface area contributed by atoms with Gasteiger partial charge < -0.3 is 30.9 Å². The molecule has 50 heavy (non-hydrogen) atoms. The monoisotopic (exact) mass is 696 g/mol. The molecule has 0 aliphatic rings. The second kappa shape index (κ2) is 21.1. The fourth-order valence-electron chi connectivity index (χ4n) is 6.07. The summed E-state index contributed by atoms with van der Waals surface area (Å²) in [5.74, 6) is -3.06. The Kier molecular flexibility index (Phi) is 16.9. The maximum atomic E-state index is 14.3. The van der Waals surface area contributed by atoms with E-state index in [1.165, 1.54) is 19.5 Å². The third-order valence-corrected chi connectivity index (χ3v) is 8.67. The molecular formula is C38H50F2N4O6. The summed E-state index contributed by atoms with van der Waals surface area (Å²) < 4.78 is 33.7. The number of aromatic nitrogens is 1. The van der Waals surface area contributed by atoms with Crippen molar-refractivity contribution in [2.45, 2.75) is 95.5 Å². The van der Waals surface area contributed by atoms with Crippen LogP contribution in [0.1, 0.15) is 85.1 Å². The Hall–Kier alpha value is -4.26. The maximum absolute atomic E-state index is 14.3. The van der Waals surface area contributed by atoms with Crippen LogP contribution in [-0.2, 0) is 16.0 Å². The van der Waals surface area contributed by atoms with Crippen LogP contribution >= 0.6 is 0 Å². The minimum absolute atomic E-state index is 0.0998. The van der Waals surface area contributed by atoms with Crippen LogP contribution in [0.25, 0.3) is 0 Å². The number of halogens is 2. The highest BCUT2D eigenvalue weighted by Gasteiger charge is 2.36. The molecule has 5 atom stereocenters.